The number of amides is 1. The van der Waals surface area contributed by atoms with Crippen molar-refractivity contribution in [3.05, 3.63) is 11.4 Å². The molecular weight excluding hydrogens is 304 g/mol. The van der Waals surface area contributed by atoms with Crippen molar-refractivity contribution in [2.75, 3.05) is 13.2 Å². The van der Waals surface area contributed by atoms with Gasteiger partial charge in [0.1, 0.15) is 18.4 Å². The highest BCUT2D eigenvalue weighted by atomic mass is 16.5. The normalized spacial score (nSPS) is 18.1. The number of fused-ring (bicyclic) bond motifs is 1. The Morgan fingerprint density at radius 1 is 1.33 bits per heavy atom. The minimum atomic E-state index is -0.110. The topological polar surface area (TPSA) is 69.0 Å². The molecule has 1 atom stereocenters. The second-order valence-corrected chi connectivity index (χ2v) is 7.18. The zero-order valence-corrected chi connectivity index (χ0v) is 15.4. The predicted octanol–water partition coefficient (Wildman–Crippen LogP) is 2.93. The molecule has 0 fully saturated rings. The largest absolute Gasteiger partial charge is 0.362 e. The van der Waals surface area contributed by atoms with Gasteiger partial charge in [-0.2, -0.15) is 0 Å². The lowest BCUT2D eigenvalue weighted by Crippen LogP contribution is -2.29. The SMILES string of the molecule is CC(C)CCCCNC(=O)COC1CCCCCc2c1nnn2C. The van der Waals surface area contributed by atoms with Crippen molar-refractivity contribution in [1.82, 2.24) is 20.3 Å². The van der Waals surface area contributed by atoms with Gasteiger partial charge in [-0.1, -0.05) is 44.7 Å². The van der Waals surface area contributed by atoms with E-state index in [-0.39, 0.29) is 18.6 Å². The number of ether oxygens (including phenoxy) is 1. The summed E-state index contributed by atoms with van der Waals surface area (Å²) < 4.78 is 7.73. The maximum Gasteiger partial charge on any atom is 0.246 e. The third-order valence-electron chi connectivity index (χ3n) is 4.60. The van der Waals surface area contributed by atoms with Crippen LogP contribution in [0.15, 0.2) is 0 Å². The molecule has 0 saturated carbocycles. The highest BCUT2D eigenvalue weighted by Crippen LogP contribution is 2.28. The molecule has 2 rings (SSSR count). The smallest absolute Gasteiger partial charge is 0.246 e. The highest BCUT2D eigenvalue weighted by molar-refractivity contribution is 5.77. The predicted molar refractivity (Wildman–Crippen MR) is 93.6 cm³/mol. The molecule has 1 heterocycles. The first-order valence-corrected chi connectivity index (χ1v) is 9.34. The standard InChI is InChI=1S/C18H32N4O2/c1-14(2)9-7-8-12-19-17(23)13-24-16-11-6-4-5-10-15-18(16)20-21-22(15)3/h14,16H,4-13H2,1-3H3,(H,19,23). The number of nitrogens with zero attached hydrogens (tertiary/aromatic N) is 3. The molecule has 1 aromatic heterocycles. The van der Waals surface area contributed by atoms with Gasteiger partial charge in [-0.05, 0) is 31.6 Å². The van der Waals surface area contributed by atoms with E-state index in [0.29, 0.717) is 0 Å². The zero-order valence-electron chi connectivity index (χ0n) is 15.4. The van der Waals surface area contributed by atoms with Crippen LogP contribution in [-0.4, -0.2) is 34.1 Å². The molecule has 0 radical (unpaired) electrons. The Hall–Kier alpha value is -1.43. The second kappa shape index (κ2) is 9.77. The van der Waals surface area contributed by atoms with Crippen LogP contribution < -0.4 is 5.32 Å². The summed E-state index contributed by atoms with van der Waals surface area (Å²) >= 11 is 0. The number of carbonyl (C=O) groups excluding carboxylic acids is 1. The average Bonchev–Trinajstić information content (AvgIpc) is 2.86. The van der Waals surface area contributed by atoms with Crippen molar-refractivity contribution >= 4 is 5.91 Å². The van der Waals surface area contributed by atoms with E-state index in [4.69, 9.17) is 4.74 Å². The Labute approximate surface area is 145 Å². The van der Waals surface area contributed by atoms with Gasteiger partial charge in [0.15, 0.2) is 0 Å². The van der Waals surface area contributed by atoms with E-state index in [2.05, 4.69) is 29.5 Å². The summed E-state index contributed by atoms with van der Waals surface area (Å²) in [7, 11) is 1.92. The van der Waals surface area contributed by atoms with Gasteiger partial charge in [0.05, 0.1) is 5.69 Å². The molecule has 0 aromatic carbocycles. The van der Waals surface area contributed by atoms with Gasteiger partial charge in [0, 0.05) is 13.6 Å². The fraction of sp³-hybridized carbons (Fsp3) is 0.833. The first kappa shape index (κ1) is 18.9. The Morgan fingerprint density at radius 2 is 2.17 bits per heavy atom. The van der Waals surface area contributed by atoms with Crippen LogP contribution in [0.5, 0.6) is 0 Å². The first-order valence-electron chi connectivity index (χ1n) is 9.34. The number of nitrogens with one attached hydrogen (secondary N) is 1. The summed E-state index contributed by atoms with van der Waals surface area (Å²) in [5, 5.41) is 11.4. The minimum Gasteiger partial charge on any atom is -0.362 e. The summed E-state index contributed by atoms with van der Waals surface area (Å²) in [5.41, 5.74) is 2.07. The van der Waals surface area contributed by atoms with Crippen molar-refractivity contribution in [2.24, 2.45) is 13.0 Å². The van der Waals surface area contributed by atoms with Crippen LogP contribution in [0.1, 0.15) is 76.3 Å². The maximum absolute atomic E-state index is 12.0. The van der Waals surface area contributed by atoms with Gasteiger partial charge in [0.25, 0.3) is 0 Å². The number of carbonyl (C=O) groups is 1. The van der Waals surface area contributed by atoms with E-state index in [1.807, 2.05) is 11.7 Å². The lowest BCUT2D eigenvalue weighted by atomic mass is 9.99. The molecule has 0 saturated heterocycles. The van der Waals surface area contributed by atoms with Crippen LogP contribution in [0.25, 0.3) is 0 Å². The number of unbranched alkanes of at least 4 members (excludes halogenated alkanes) is 1. The maximum atomic E-state index is 12.0. The molecule has 1 aliphatic carbocycles. The lowest BCUT2D eigenvalue weighted by molar-refractivity contribution is -0.128. The molecule has 24 heavy (non-hydrogen) atoms. The van der Waals surface area contributed by atoms with Crippen LogP contribution in [0.3, 0.4) is 0 Å². The van der Waals surface area contributed by atoms with Gasteiger partial charge in [0.2, 0.25) is 5.91 Å². The van der Waals surface area contributed by atoms with E-state index in [9.17, 15) is 4.79 Å². The summed E-state index contributed by atoms with van der Waals surface area (Å²) in [4.78, 5) is 12.0. The number of rotatable bonds is 8. The minimum absolute atomic E-state index is 0.0351. The molecule has 136 valence electrons. The van der Waals surface area contributed by atoms with Crippen molar-refractivity contribution in [1.29, 1.82) is 0 Å². The molecule has 6 heteroatoms. The Morgan fingerprint density at radius 3 is 2.96 bits per heavy atom. The fourth-order valence-electron chi connectivity index (χ4n) is 3.16. The van der Waals surface area contributed by atoms with Crippen LogP contribution in [-0.2, 0) is 23.0 Å². The molecule has 0 aliphatic heterocycles. The summed E-state index contributed by atoms with van der Waals surface area (Å²) in [6.07, 6.45) is 8.65. The number of hydrogen-bond acceptors (Lipinski definition) is 4. The number of aryl methyl sites for hydroxylation is 1. The van der Waals surface area contributed by atoms with Crippen molar-refractivity contribution < 1.29 is 9.53 Å². The monoisotopic (exact) mass is 336 g/mol. The van der Waals surface area contributed by atoms with E-state index in [1.165, 1.54) is 12.8 Å². The fourth-order valence-corrected chi connectivity index (χ4v) is 3.16. The molecule has 1 unspecified atom stereocenters. The Balaban J connectivity index is 1.75. The molecule has 6 nitrogen and oxygen atoms in total. The molecular formula is C18H32N4O2. The van der Waals surface area contributed by atoms with Gasteiger partial charge in [-0.3, -0.25) is 9.48 Å². The summed E-state index contributed by atoms with van der Waals surface area (Å²) in [5.74, 6) is 0.691. The summed E-state index contributed by atoms with van der Waals surface area (Å²) in [6, 6.07) is 0. The molecule has 0 bridgehead atoms. The van der Waals surface area contributed by atoms with Gasteiger partial charge < -0.3 is 10.1 Å². The van der Waals surface area contributed by atoms with E-state index >= 15 is 0 Å². The third kappa shape index (κ3) is 5.89. The average molecular weight is 336 g/mol. The van der Waals surface area contributed by atoms with Crippen LogP contribution in [0.4, 0.5) is 0 Å². The quantitative estimate of drug-likeness (QED) is 0.741. The van der Waals surface area contributed by atoms with Crippen LogP contribution in [0.2, 0.25) is 0 Å². The molecule has 0 spiro atoms. The number of aromatic nitrogens is 3. The first-order chi connectivity index (χ1) is 11.6. The third-order valence-corrected chi connectivity index (χ3v) is 4.60. The molecule has 1 amide bonds. The van der Waals surface area contributed by atoms with Crippen molar-refractivity contribution in [2.45, 2.75) is 71.3 Å². The molecule has 1 aliphatic rings. The van der Waals surface area contributed by atoms with Crippen molar-refractivity contribution in [3.63, 3.8) is 0 Å². The van der Waals surface area contributed by atoms with Crippen LogP contribution >= 0.6 is 0 Å². The van der Waals surface area contributed by atoms with Gasteiger partial charge >= 0.3 is 0 Å². The Kier molecular flexibility index (Phi) is 7.69. The second-order valence-electron chi connectivity index (χ2n) is 7.18. The van der Waals surface area contributed by atoms with E-state index in [1.54, 1.807) is 0 Å². The van der Waals surface area contributed by atoms with E-state index < -0.39 is 0 Å². The molecule has 1 aromatic rings. The lowest BCUT2D eigenvalue weighted by Gasteiger charge is -2.19. The molecule has 1 N–H and O–H groups in total. The Bertz CT molecular complexity index is 513. The summed E-state index contributed by atoms with van der Waals surface area (Å²) in [6.45, 7) is 5.28. The van der Waals surface area contributed by atoms with Crippen molar-refractivity contribution in [3.8, 4) is 0 Å². The zero-order chi connectivity index (χ0) is 17.4. The van der Waals surface area contributed by atoms with Gasteiger partial charge in [-0.25, -0.2) is 0 Å². The van der Waals surface area contributed by atoms with E-state index in [0.717, 1.165) is 62.4 Å². The number of hydrogen-bond donors (Lipinski definition) is 1. The van der Waals surface area contributed by atoms with Crippen LogP contribution in [0, 0.1) is 5.92 Å². The highest BCUT2D eigenvalue weighted by Gasteiger charge is 2.23. The van der Waals surface area contributed by atoms with Gasteiger partial charge in [-0.15, -0.1) is 5.10 Å².